The van der Waals surface area contributed by atoms with Crippen LogP contribution in [0.1, 0.15) is 7.43 Å². The summed E-state index contributed by atoms with van der Waals surface area (Å²) in [5, 5.41) is 14.4. The lowest BCUT2D eigenvalue weighted by Gasteiger charge is -1.61. The Bertz CT molecular complexity index is 71.8. The van der Waals surface area contributed by atoms with Crippen LogP contribution >= 0.6 is 0 Å². The molecule has 9 heavy (non-hydrogen) atoms. The summed E-state index contributed by atoms with van der Waals surface area (Å²) in [5.74, 6) is 0. The van der Waals surface area contributed by atoms with Crippen molar-refractivity contribution >= 4 is 12.2 Å². The van der Waals surface area contributed by atoms with Gasteiger partial charge in [0.2, 0.25) is 0 Å². The minimum atomic E-state index is -1.33. The van der Waals surface area contributed by atoms with Crippen molar-refractivity contribution in [2.24, 2.45) is 11.5 Å². The van der Waals surface area contributed by atoms with Crippen LogP contribution in [0.4, 0.5) is 9.59 Å². The van der Waals surface area contributed by atoms with E-state index in [1.165, 1.54) is 0 Å². The lowest BCUT2D eigenvalue weighted by atomic mass is 11.3. The van der Waals surface area contributed by atoms with Crippen molar-refractivity contribution in [3.05, 3.63) is 0 Å². The predicted molar refractivity (Wildman–Crippen MR) is 31.2 cm³/mol. The summed E-state index contributed by atoms with van der Waals surface area (Å²) >= 11 is 0. The second kappa shape index (κ2) is 9.74. The molecule has 6 heteroatoms. The number of carboxylic acid groups (broad SMARTS) is 2. The largest absolute Gasteiger partial charge is 0.465 e. The van der Waals surface area contributed by atoms with Gasteiger partial charge in [0, 0.05) is 0 Å². The monoisotopic (exact) mass is 138 g/mol. The molecular formula is C3H10N2O4. The number of amides is 2. The van der Waals surface area contributed by atoms with E-state index >= 15 is 0 Å². The normalized spacial score (nSPS) is 5.33. The molecule has 0 aromatic heterocycles. The van der Waals surface area contributed by atoms with Gasteiger partial charge in [-0.1, -0.05) is 7.43 Å². The van der Waals surface area contributed by atoms with Crippen LogP contribution in [0, 0.1) is 0 Å². The summed E-state index contributed by atoms with van der Waals surface area (Å²) < 4.78 is 0. The average Bonchev–Trinajstić information content (AvgIpc) is 1.25. The fraction of sp³-hybridized carbons (Fsp3) is 0.333. The van der Waals surface area contributed by atoms with Crippen molar-refractivity contribution in [1.82, 2.24) is 0 Å². The van der Waals surface area contributed by atoms with Gasteiger partial charge < -0.3 is 21.7 Å². The maximum Gasteiger partial charge on any atom is 0.402 e. The maximum absolute atomic E-state index is 8.78. The Morgan fingerprint density at radius 3 is 1.00 bits per heavy atom. The van der Waals surface area contributed by atoms with Crippen LogP contribution in [0.2, 0.25) is 0 Å². The molecule has 6 nitrogen and oxygen atoms in total. The Balaban J connectivity index is -0.0000000720. The summed E-state index contributed by atoms with van der Waals surface area (Å²) in [4.78, 5) is 17.6. The van der Waals surface area contributed by atoms with Gasteiger partial charge in [0.15, 0.2) is 0 Å². The van der Waals surface area contributed by atoms with Crippen molar-refractivity contribution in [2.75, 3.05) is 0 Å². The van der Waals surface area contributed by atoms with Crippen LogP contribution in [0.15, 0.2) is 0 Å². The molecule has 6 N–H and O–H groups in total. The number of rotatable bonds is 0. The zero-order valence-electron chi connectivity index (χ0n) is 3.87. The van der Waals surface area contributed by atoms with Gasteiger partial charge in [0.05, 0.1) is 0 Å². The van der Waals surface area contributed by atoms with Crippen LogP contribution in [-0.2, 0) is 0 Å². The molecule has 0 saturated heterocycles. The van der Waals surface area contributed by atoms with Crippen molar-refractivity contribution in [2.45, 2.75) is 7.43 Å². The van der Waals surface area contributed by atoms with Crippen molar-refractivity contribution in [1.29, 1.82) is 0 Å². The smallest absolute Gasteiger partial charge is 0.402 e. The first-order valence-corrected chi connectivity index (χ1v) is 1.43. The minimum Gasteiger partial charge on any atom is -0.465 e. The fourth-order valence-electron chi connectivity index (χ4n) is 0. The molecule has 0 rings (SSSR count). The molecule has 0 aliphatic heterocycles. The topological polar surface area (TPSA) is 127 Å². The Kier molecular flexibility index (Phi) is 16.9. The van der Waals surface area contributed by atoms with E-state index in [9.17, 15) is 0 Å². The molecule has 0 bridgehead atoms. The molecule has 0 aliphatic carbocycles. The van der Waals surface area contributed by atoms with E-state index in [0.29, 0.717) is 0 Å². The van der Waals surface area contributed by atoms with Crippen LogP contribution in [0.25, 0.3) is 0 Å². The third-order valence-electron chi connectivity index (χ3n) is 0. The molecule has 0 aliphatic rings. The Labute approximate surface area is 52.1 Å². The van der Waals surface area contributed by atoms with Gasteiger partial charge >= 0.3 is 12.2 Å². The Morgan fingerprint density at radius 1 is 1.00 bits per heavy atom. The molecule has 2 amide bonds. The van der Waals surface area contributed by atoms with Crippen LogP contribution < -0.4 is 11.5 Å². The number of nitrogens with two attached hydrogens (primary N) is 2. The Morgan fingerprint density at radius 2 is 1.00 bits per heavy atom. The molecule has 0 radical (unpaired) electrons. The van der Waals surface area contributed by atoms with Gasteiger partial charge in [-0.25, -0.2) is 9.59 Å². The van der Waals surface area contributed by atoms with Crippen molar-refractivity contribution in [3.8, 4) is 0 Å². The van der Waals surface area contributed by atoms with E-state index in [4.69, 9.17) is 19.8 Å². The van der Waals surface area contributed by atoms with Crippen molar-refractivity contribution < 1.29 is 19.8 Å². The highest BCUT2D eigenvalue weighted by molar-refractivity contribution is 5.61. The van der Waals surface area contributed by atoms with Gasteiger partial charge in [0.25, 0.3) is 0 Å². The number of hydrogen-bond donors (Lipinski definition) is 4. The number of hydrogen-bond acceptors (Lipinski definition) is 2. The predicted octanol–water partition coefficient (Wildman–Crippen LogP) is -0.118. The highest BCUT2D eigenvalue weighted by Crippen LogP contribution is 1.35. The SMILES string of the molecule is C.NC(=O)O.NC(=O)O. The van der Waals surface area contributed by atoms with Gasteiger partial charge in [-0.05, 0) is 0 Å². The van der Waals surface area contributed by atoms with E-state index in [1.807, 2.05) is 0 Å². The summed E-state index contributed by atoms with van der Waals surface area (Å²) in [6.07, 6.45) is -2.67. The molecule has 56 valence electrons. The third kappa shape index (κ3) is 63.2. The van der Waals surface area contributed by atoms with Gasteiger partial charge in [-0.3, -0.25) is 0 Å². The summed E-state index contributed by atoms with van der Waals surface area (Å²) in [7, 11) is 0. The molecule has 0 fully saturated rings. The van der Waals surface area contributed by atoms with E-state index in [1.54, 1.807) is 0 Å². The first-order chi connectivity index (χ1) is 3.46. The lowest BCUT2D eigenvalue weighted by Crippen LogP contribution is -2.03. The van der Waals surface area contributed by atoms with E-state index in [0.717, 1.165) is 0 Å². The van der Waals surface area contributed by atoms with E-state index in [-0.39, 0.29) is 7.43 Å². The lowest BCUT2D eigenvalue weighted by molar-refractivity contribution is 0.204. The zero-order chi connectivity index (χ0) is 7.15. The van der Waals surface area contributed by atoms with E-state index < -0.39 is 12.2 Å². The first-order valence-electron chi connectivity index (χ1n) is 1.43. The number of primary amides is 2. The summed E-state index contributed by atoms with van der Waals surface area (Å²) in [6.45, 7) is 0. The highest BCUT2D eigenvalue weighted by Gasteiger charge is 1.65. The summed E-state index contributed by atoms with van der Waals surface area (Å²) in [5.41, 5.74) is 8.06. The standard InChI is InChI=1S/2CH3NO2.CH4/c2*2-1(3)4;/h2*2H2,(H,3,4);1H4. The quantitative estimate of drug-likeness (QED) is 0.372. The molecule has 0 aromatic rings. The zero-order valence-corrected chi connectivity index (χ0v) is 3.87. The first kappa shape index (κ1) is 15.6. The average molecular weight is 138 g/mol. The van der Waals surface area contributed by atoms with Gasteiger partial charge in [-0.15, -0.1) is 0 Å². The minimum absolute atomic E-state index is 0. The Hall–Kier alpha value is -1.46. The van der Waals surface area contributed by atoms with Crippen LogP contribution in [-0.4, -0.2) is 22.4 Å². The molecular weight excluding hydrogens is 128 g/mol. The molecule has 0 atom stereocenters. The van der Waals surface area contributed by atoms with Gasteiger partial charge in [0.1, 0.15) is 0 Å². The highest BCUT2D eigenvalue weighted by atomic mass is 16.4. The third-order valence-corrected chi connectivity index (χ3v) is 0. The second-order valence-electron chi connectivity index (χ2n) is 0.676. The molecule has 0 heterocycles. The number of carbonyl (C=O) groups is 2. The van der Waals surface area contributed by atoms with Crippen molar-refractivity contribution in [3.63, 3.8) is 0 Å². The fourth-order valence-corrected chi connectivity index (χ4v) is 0. The van der Waals surface area contributed by atoms with Gasteiger partial charge in [-0.2, -0.15) is 0 Å². The molecule has 0 unspecified atom stereocenters. The summed E-state index contributed by atoms with van der Waals surface area (Å²) in [6, 6.07) is 0. The van der Waals surface area contributed by atoms with Crippen LogP contribution in [0.3, 0.4) is 0 Å². The van der Waals surface area contributed by atoms with E-state index in [2.05, 4.69) is 11.5 Å². The maximum atomic E-state index is 8.78. The second-order valence-corrected chi connectivity index (χ2v) is 0.676. The molecule has 0 aromatic carbocycles. The molecule has 0 saturated carbocycles. The van der Waals surface area contributed by atoms with Crippen LogP contribution in [0.5, 0.6) is 0 Å². The molecule has 0 spiro atoms.